The molecule has 0 spiro atoms. The van der Waals surface area contributed by atoms with E-state index >= 15 is 0 Å². The van der Waals surface area contributed by atoms with Crippen LogP contribution in [0.2, 0.25) is 0 Å². The second kappa shape index (κ2) is 4.65. The Kier molecular flexibility index (Phi) is 4.58. The van der Waals surface area contributed by atoms with E-state index in [9.17, 15) is 0 Å². The summed E-state index contributed by atoms with van der Waals surface area (Å²) in [7, 11) is -1.58. The van der Waals surface area contributed by atoms with E-state index < -0.39 is 19.9 Å². The number of hydrogen-bond acceptors (Lipinski definition) is 5. The van der Waals surface area contributed by atoms with Crippen LogP contribution in [-0.4, -0.2) is 35.1 Å². The monoisotopic (exact) mass is 150 g/mol. The van der Waals surface area contributed by atoms with Gasteiger partial charge in [0.05, 0.1) is 0 Å². The highest BCUT2D eigenvalue weighted by Crippen LogP contribution is 1.92. The molecule has 10 heavy (non-hydrogen) atoms. The van der Waals surface area contributed by atoms with Gasteiger partial charge in [0.25, 0.3) is 0 Å². The van der Waals surface area contributed by atoms with Gasteiger partial charge in [-0.15, -0.1) is 0 Å². The molecule has 0 aliphatic carbocycles. The first-order chi connectivity index (χ1) is 4.52. The Labute approximate surface area is 59.4 Å². The smallest absolute Gasteiger partial charge is 0.401 e. The normalized spacial score (nSPS) is 16.5. The standard InChI is InChI=1S/C4H11BO5/c1-3(6)9-5(8)10-4(2)7/h3-4,6-8H,1-2H3. The molecule has 0 aromatic rings. The maximum absolute atomic E-state index is 8.63. The second-order valence-electron chi connectivity index (χ2n) is 1.78. The molecule has 0 aromatic carbocycles. The molecule has 0 heterocycles. The van der Waals surface area contributed by atoms with Gasteiger partial charge in [-0.1, -0.05) is 0 Å². The van der Waals surface area contributed by atoms with E-state index in [1.54, 1.807) is 0 Å². The van der Waals surface area contributed by atoms with Crippen molar-refractivity contribution in [2.75, 3.05) is 0 Å². The minimum absolute atomic E-state index is 1.12. The molecule has 5 nitrogen and oxygen atoms in total. The zero-order chi connectivity index (χ0) is 8.15. The molecule has 0 fully saturated rings. The molecule has 0 rings (SSSR count). The van der Waals surface area contributed by atoms with E-state index in [4.69, 9.17) is 15.2 Å². The molecule has 0 bridgehead atoms. The van der Waals surface area contributed by atoms with Crippen LogP contribution in [0.1, 0.15) is 13.8 Å². The van der Waals surface area contributed by atoms with Crippen molar-refractivity contribution >= 4 is 7.32 Å². The summed E-state index contributed by atoms with van der Waals surface area (Å²) < 4.78 is 8.58. The van der Waals surface area contributed by atoms with Crippen molar-refractivity contribution in [1.82, 2.24) is 0 Å². The Bertz CT molecular complexity index is 75.7. The van der Waals surface area contributed by atoms with Crippen molar-refractivity contribution in [2.45, 2.75) is 26.4 Å². The van der Waals surface area contributed by atoms with Gasteiger partial charge < -0.3 is 24.5 Å². The maximum atomic E-state index is 8.63. The largest absolute Gasteiger partial charge is 0.640 e. The summed E-state index contributed by atoms with van der Waals surface area (Å²) in [5.74, 6) is 0. The quantitative estimate of drug-likeness (QED) is 0.342. The molecular weight excluding hydrogens is 139 g/mol. The van der Waals surface area contributed by atoms with Crippen molar-refractivity contribution in [1.29, 1.82) is 0 Å². The van der Waals surface area contributed by atoms with Gasteiger partial charge in [0.1, 0.15) is 12.6 Å². The van der Waals surface area contributed by atoms with E-state index in [2.05, 4.69) is 9.31 Å². The van der Waals surface area contributed by atoms with Gasteiger partial charge in [-0.2, -0.15) is 0 Å². The third kappa shape index (κ3) is 5.99. The van der Waals surface area contributed by atoms with Gasteiger partial charge in [0, 0.05) is 0 Å². The fourth-order valence-corrected chi connectivity index (χ4v) is 0.369. The molecule has 0 aromatic heterocycles. The van der Waals surface area contributed by atoms with E-state index in [-0.39, 0.29) is 0 Å². The van der Waals surface area contributed by atoms with E-state index in [1.807, 2.05) is 0 Å². The van der Waals surface area contributed by atoms with Gasteiger partial charge >= 0.3 is 7.32 Å². The lowest BCUT2D eigenvalue weighted by Crippen LogP contribution is -2.30. The minimum atomic E-state index is -1.58. The maximum Gasteiger partial charge on any atom is 0.640 e. The fourth-order valence-electron chi connectivity index (χ4n) is 0.369. The summed E-state index contributed by atoms with van der Waals surface area (Å²) in [5, 5.41) is 25.6. The zero-order valence-electron chi connectivity index (χ0n) is 5.89. The first-order valence-corrected chi connectivity index (χ1v) is 2.87. The van der Waals surface area contributed by atoms with Crippen molar-refractivity contribution in [2.24, 2.45) is 0 Å². The average molecular weight is 150 g/mol. The third-order valence-corrected chi connectivity index (χ3v) is 0.627. The molecule has 0 amide bonds. The van der Waals surface area contributed by atoms with E-state index in [0.717, 1.165) is 0 Å². The van der Waals surface area contributed by atoms with Crippen LogP contribution in [-0.2, 0) is 9.31 Å². The van der Waals surface area contributed by atoms with Crippen molar-refractivity contribution in [3.63, 3.8) is 0 Å². The minimum Gasteiger partial charge on any atom is -0.401 e. The first-order valence-electron chi connectivity index (χ1n) is 2.87. The van der Waals surface area contributed by atoms with Crippen molar-refractivity contribution in [3.05, 3.63) is 0 Å². The molecule has 3 N–H and O–H groups in total. The lowest BCUT2D eigenvalue weighted by atomic mass is 10.2. The van der Waals surface area contributed by atoms with Crippen LogP contribution in [0, 0.1) is 0 Å². The lowest BCUT2D eigenvalue weighted by Gasteiger charge is -2.11. The zero-order valence-corrected chi connectivity index (χ0v) is 5.89. The Morgan fingerprint density at radius 2 is 1.40 bits per heavy atom. The molecule has 0 aliphatic heterocycles. The molecule has 0 saturated heterocycles. The van der Waals surface area contributed by atoms with Crippen LogP contribution in [0.3, 0.4) is 0 Å². The Morgan fingerprint density at radius 3 is 1.60 bits per heavy atom. The summed E-state index contributed by atoms with van der Waals surface area (Å²) in [6.45, 7) is 2.63. The molecule has 2 atom stereocenters. The summed E-state index contributed by atoms with van der Waals surface area (Å²) in [6.07, 6.45) is -2.23. The molecular formula is C4H11BO5. The van der Waals surface area contributed by atoms with E-state index in [1.165, 1.54) is 13.8 Å². The third-order valence-electron chi connectivity index (χ3n) is 0.627. The highest BCUT2D eigenvalue weighted by atomic mass is 16.8. The average Bonchev–Trinajstić information content (AvgIpc) is 1.58. The summed E-state index contributed by atoms with van der Waals surface area (Å²) in [5.41, 5.74) is 0. The Hall–Kier alpha value is -0.135. The predicted octanol–water partition coefficient (Wildman–Crippen LogP) is -1.33. The van der Waals surface area contributed by atoms with Crippen LogP contribution >= 0.6 is 0 Å². The van der Waals surface area contributed by atoms with E-state index in [0.29, 0.717) is 0 Å². The Morgan fingerprint density at radius 1 is 1.10 bits per heavy atom. The van der Waals surface area contributed by atoms with Crippen molar-refractivity contribution < 1.29 is 24.5 Å². The summed E-state index contributed by atoms with van der Waals surface area (Å²) in [6, 6.07) is 0. The van der Waals surface area contributed by atoms with Gasteiger partial charge in [0.2, 0.25) is 0 Å². The van der Waals surface area contributed by atoms with Gasteiger partial charge in [0.15, 0.2) is 0 Å². The first kappa shape index (κ1) is 9.86. The van der Waals surface area contributed by atoms with Gasteiger partial charge in [-0.25, -0.2) is 0 Å². The van der Waals surface area contributed by atoms with Crippen LogP contribution in [0.25, 0.3) is 0 Å². The van der Waals surface area contributed by atoms with Crippen molar-refractivity contribution in [3.8, 4) is 0 Å². The lowest BCUT2D eigenvalue weighted by molar-refractivity contribution is -0.0845. The van der Waals surface area contributed by atoms with Gasteiger partial charge in [-0.3, -0.25) is 0 Å². The molecule has 0 aliphatic rings. The molecule has 60 valence electrons. The number of aliphatic hydroxyl groups is 2. The molecule has 0 saturated carbocycles. The predicted molar refractivity (Wildman–Crippen MR) is 33.5 cm³/mol. The molecule has 6 heteroatoms. The van der Waals surface area contributed by atoms with Crippen LogP contribution in [0.4, 0.5) is 0 Å². The summed E-state index contributed by atoms with van der Waals surface area (Å²) >= 11 is 0. The molecule has 2 unspecified atom stereocenters. The van der Waals surface area contributed by atoms with Gasteiger partial charge in [-0.05, 0) is 13.8 Å². The SMILES string of the molecule is CC(O)OB(O)OC(C)O. The van der Waals surface area contributed by atoms with Crippen LogP contribution in [0.15, 0.2) is 0 Å². The second-order valence-corrected chi connectivity index (χ2v) is 1.78. The molecule has 0 radical (unpaired) electrons. The Balaban J connectivity index is 3.34. The number of aliphatic hydroxyl groups excluding tert-OH is 2. The number of rotatable bonds is 4. The highest BCUT2D eigenvalue weighted by Gasteiger charge is 2.19. The topological polar surface area (TPSA) is 79.2 Å². The highest BCUT2D eigenvalue weighted by molar-refractivity contribution is 6.34. The van der Waals surface area contributed by atoms with Crippen LogP contribution < -0.4 is 0 Å². The summed E-state index contributed by atoms with van der Waals surface area (Å²) in [4.78, 5) is 0. The number of hydrogen-bond donors (Lipinski definition) is 3. The fraction of sp³-hybridized carbons (Fsp3) is 1.00. The van der Waals surface area contributed by atoms with Crippen LogP contribution in [0.5, 0.6) is 0 Å².